The molecule has 0 aliphatic heterocycles. The Morgan fingerprint density at radius 1 is 0.634 bits per heavy atom. The zero-order chi connectivity index (χ0) is 28.9. The lowest BCUT2D eigenvalue weighted by Crippen LogP contribution is -2.16. The Morgan fingerprint density at radius 3 is 1.44 bits per heavy atom. The summed E-state index contributed by atoms with van der Waals surface area (Å²) in [6, 6.07) is 8.20. The normalized spacial score (nSPS) is 12.7. The predicted octanol–water partition coefficient (Wildman–Crippen LogP) is 7.81. The molecule has 3 aromatic heterocycles. The van der Waals surface area contributed by atoms with Gasteiger partial charge in [0.1, 0.15) is 11.6 Å². The number of nitrogens with zero attached hydrogens (tertiary/aromatic N) is 6. The number of hydrogen-bond acceptors (Lipinski definition) is 8. The molecule has 0 fully saturated rings. The molecule has 11 heteroatoms. The van der Waals surface area contributed by atoms with Gasteiger partial charge in [0.05, 0.1) is 0 Å². The number of nitrogens with one attached hydrogen (secondary N) is 1. The van der Waals surface area contributed by atoms with Crippen LogP contribution >= 0.6 is 22.7 Å². The fourth-order valence-electron chi connectivity index (χ4n) is 5.06. The van der Waals surface area contributed by atoms with E-state index >= 15 is 0 Å². The first-order valence-corrected chi connectivity index (χ1v) is 17.1. The lowest BCUT2D eigenvalue weighted by atomic mass is 10.1. The average molecular weight is 598 g/mol. The highest BCUT2D eigenvalue weighted by atomic mass is 32.1. The number of rotatable bonds is 18. The monoisotopic (exact) mass is 597 g/mol. The summed E-state index contributed by atoms with van der Waals surface area (Å²) in [5.41, 5.74) is 12.2. The van der Waals surface area contributed by atoms with Crippen LogP contribution in [-0.2, 0) is 13.1 Å². The van der Waals surface area contributed by atoms with Crippen molar-refractivity contribution in [3.05, 3.63) is 33.9 Å². The molecule has 1 aromatic carbocycles. The number of unbranched alkanes of at least 4 members (excludes halogenated alkanes) is 12. The Balaban J connectivity index is 1.52. The molecule has 0 aliphatic rings. The summed E-state index contributed by atoms with van der Waals surface area (Å²) in [7, 11) is 0. The minimum absolute atomic E-state index is 0.527. The van der Waals surface area contributed by atoms with Crippen molar-refractivity contribution in [1.29, 1.82) is 0 Å². The molecule has 3 heterocycles. The Morgan fingerprint density at radius 2 is 1.02 bits per heavy atom. The first-order chi connectivity index (χ1) is 20.1. The smallest absolute Gasteiger partial charge is 0.211 e. The van der Waals surface area contributed by atoms with Gasteiger partial charge in [-0.2, -0.15) is 0 Å². The van der Waals surface area contributed by atoms with Gasteiger partial charge in [0.2, 0.25) is 19.9 Å². The minimum atomic E-state index is 0.527. The summed E-state index contributed by atoms with van der Waals surface area (Å²) in [5, 5.41) is 12.2. The lowest BCUT2D eigenvalue weighted by Gasteiger charge is -2.02. The quantitative estimate of drug-likeness (QED) is 0.101. The molecule has 0 saturated carbocycles. The van der Waals surface area contributed by atoms with Gasteiger partial charge < -0.3 is 16.5 Å². The van der Waals surface area contributed by atoms with Crippen LogP contribution in [0.2, 0.25) is 0 Å². The molecule has 0 saturated heterocycles. The first kappa shape index (κ1) is 31.0. The third-order valence-electron chi connectivity index (χ3n) is 7.31. The van der Waals surface area contributed by atoms with Crippen LogP contribution in [0.1, 0.15) is 104 Å². The highest BCUT2D eigenvalue weighted by molar-refractivity contribution is 7.13. The van der Waals surface area contributed by atoms with Crippen LogP contribution in [0.3, 0.4) is 0 Å². The van der Waals surface area contributed by atoms with Gasteiger partial charge in [0, 0.05) is 23.9 Å². The number of H-pyrrole nitrogens is 1. The molecular weight excluding hydrogens is 551 g/mol. The third-order valence-corrected chi connectivity index (χ3v) is 8.86. The molecule has 0 radical (unpaired) electrons. The number of aromatic nitrogens is 5. The maximum Gasteiger partial charge on any atom is 0.211 e. The number of aromatic amines is 1. The summed E-state index contributed by atoms with van der Waals surface area (Å²) in [6.45, 7) is 6.13. The van der Waals surface area contributed by atoms with E-state index in [1.807, 2.05) is 21.5 Å². The lowest BCUT2D eigenvalue weighted by molar-refractivity contribution is 0.514. The van der Waals surface area contributed by atoms with E-state index in [0.717, 1.165) is 57.9 Å². The average Bonchev–Trinajstić information content (AvgIpc) is 3.62. The molecule has 0 bridgehead atoms. The summed E-state index contributed by atoms with van der Waals surface area (Å²) >= 11 is 2.83. The standard InChI is InChI=1S/C30H47N9S2/c1-3-5-7-9-11-13-17-21-38-29(40-27(31)36-38)34-25-23-19-15-16-20-24(23)26(33-25)35-30-39(37-28(32)41-30)22-18-14-12-10-8-6-4-2/h15-16,19-20,33H,3-14,17-18,21-22H2,1-2H3,(H2,31,36)(H2,32,37). The van der Waals surface area contributed by atoms with Gasteiger partial charge in [-0.25, -0.2) is 19.3 Å². The number of anilines is 2. The van der Waals surface area contributed by atoms with Crippen LogP contribution in [0.5, 0.6) is 0 Å². The summed E-state index contributed by atoms with van der Waals surface area (Å²) in [5.74, 6) is 1.51. The SMILES string of the molecule is CCCCCCCCCn1nc(N)sc1=Nc1[nH]c(N=c2sc(N)nn2CCCCCCCCC)c2ccccc12. The summed E-state index contributed by atoms with van der Waals surface area (Å²) in [4.78, 5) is 15.0. The number of hydrogen-bond donors (Lipinski definition) is 3. The number of fused-ring (bicyclic) bond motifs is 1. The Labute approximate surface area is 251 Å². The minimum Gasteiger partial charge on any atom is -0.374 e. The van der Waals surface area contributed by atoms with Crippen molar-refractivity contribution in [2.75, 3.05) is 11.5 Å². The van der Waals surface area contributed by atoms with Gasteiger partial charge in [-0.1, -0.05) is 138 Å². The molecule has 224 valence electrons. The zero-order valence-corrected chi connectivity index (χ0v) is 26.4. The van der Waals surface area contributed by atoms with Crippen molar-refractivity contribution in [1.82, 2.24) is 24.5 Å². The predicted molar refractivity (Wildman–Crippen MR) is 174 cm³/mol. The van der Waals surface area contributed by atoms with Crippen LogP contribution < -0.4 is 21.1 Å². The summed E-state index contributed by atoms with van der Waals surface area (Å²) in [6.07, 6.45) is 17.5. The second-order valence-corrected chi connectivity index (χ2v) is 12.7. The van der Waals surface area contributed by atoms with E-state index < -0.39 is 0 Å². The molecule has 4 rings (SSSR count). The Hall–Kier alpha value is -2.92. The fraction of sp³-hybridized carbons (Fsp3) is 0.600. The van der Waals surface area contributed by atoms with E-state index in [2.05, 4.69) is 41.2 Å². The van der Waals surface area contributed by atoms with E-state index in [1.54, 1.807) is 0 Å². The third kappa shape index (κ3) is 9.29. The summed E-state index contributed by atoms with van der Waals surface area (Å²) < 4.78 is 3.89. The molecule has 0 aliphatic carbocycles. The zero-order valence-electron chi connectivity index (χ0n) is 24.8. The molecular formula is C30H47N9S2. The highest BCUT2D eigenvalue weighted by Gasteiger charge is 2.12. The van der Waals surface area contributed by atoms with Crippen LogP contribution in [-0.4, -0.2) is 24.5 Å². The van der Waals surface area contributed by atoms with Crippen molar-refractivity contribution >= 4 is 55.3 Å². The molecule has 4 aromatic rings. The van der Waals surface area contributed by atoms with Crippen LogP contribution in [0.25, 0.3) is 10.8 Å². The second kappa shape index (κ2) is 16.5. The van der Waals surface area contributed by atoms with Gasteiger partial charge in [0.15, 0.2) is 0 Å². The second-order valence-electron chi connectivity index (χ2n) is 10.7. The Bertz CT molecular complexity index is 1360. The van der Waals surface area contributed by atoms with Gasteiger partial charge in [0.25, 0.3) is 0 Å². The topological polar surface area (TPSA) is 128 Å². The van der Waals surface area contributed by atoms with Crippen molar-refractivity contribution in [2.45, 2.75) is 117 Å². The molecule has 0 amide bonds. The van der Waals surface area contributed by atoms with Crippen molar-refractivity contribution in [3.63, 3.8) is 0 Å². The van der Waals surface area contributed by atoms with Crippen LogP contribution in [0.4, 0.5) is 21.9 Å². The van der Waals surface area contributed by atoms with Gasteiger partial charge in [-0.3, -0.25) is 0 Å². The van der Waals surface area contributed by atoms with Crippen LogP contribution in [0, 0.1) is 0 Å². The first-order valence-electron chi connectivity index (χ1n) is 15.5. The number of nitrogens with two attached hydrogens (primary N) is 2. The molecule has 0 atom stereocenters. The maximum absolute atomic E-state index is 6.12. The van der Waals surface area contributed by atoms with Gasteiger partial charge in [-0.05, 0) is 12.8 Å². The molecule has 0 spiro atoms. The van der Waals surface area contributed by atoms with Gasteiger partial charge >= 0.3 is 0 Å². The van der Waals surface area contributed by atoms with E-state index in [1.165, 1.54) is 99.7 Å². The fourth-order valence-corrected chi connectivity index (χ4v) is 6.46. The highest BCUT2D eigenvalue weighted by Crippen LogP contribution is 2.33. The van der Waals surface area contributed by atoms with E-state index in [0.29, 0.717) is 10.3 Å². The molecule has 0 unspecified atom stereocenters. The number of nitrogen functional groups attached to an aromatic ring is 2. The molecule has 5 N–H and O–H groups in total. The van der Waals surface area contributed by atoms with Crippen molar-refractivity contribution < 1.29 is 0 Å². The molecule has 41 heavy (non-hydrogen) atoms. The Kier molecular flexibility index (Phi) is 12.5. The molecule has 9 nitrogen and oxygen atoms in total. The van der Waals surface area contributed by atoms with E-state index in [-0.39, 0.29) is 0 Å². The number of aryl methyl sites for hydroxylation is 2. The maximum atomic E-state index is 6.12. The van der Waals surface area contributed by atoms with E-state index in [4.69, 9.17) is 21.5 Å². The van der Waals surface area contributed by atoms with Crippen molar-refractivity contribution in [3.8, 4) is 0 Å². The van der Waals surface area contributed by atoms with E-state index in [9.17, 15) is 0 Å². The largest absolute Gasteiger partial charge is 0.374 e. The van der Waals surface area contributed by atoms with Gasteiger partial charge in [-0.15, -0.1) is 10.2 Å². The van der Waals surface area contributed by atoms with Crippen molar-refractivity contribution in [2.24, 2.45) is 9.98 Å². The number of benzene rings is 1. The van der Waals surface area contributed by atoms with Crippen LogP contribution in [0.15, 0.2) is 34.3 Å².